The van der Waals surface area contributed by atoms with Gasteiger partial charge in [-0.1, -0.05) is 6.92 Å². The molecule has 2 aromatic heterocycles. The molecule has 0 saturated carbocycles. The van der Waals surface area contributed by atoms with Crippen molar-refractivity contribution in [2.24, 2.45) is 0 Å². The van der Waals surface area contributed by atoms with Crippen LogP contribution in [0.1, 0.15) is 13.3 Å². The molecule has 0 aliphatic rings. The van der Waals surface area contributed by atoms with E-state index in [2.05, 4.69) is 15.4 Å². The van der Waals surface area contributed by atoms with Gasteiger partial charge in [0.1, 0.15) is 11.4 Å². The highest BCUT2D eigenvalue weighted by Crippen LogP contribution is 2.22. The van der Waals surface area contributed by atoms with E-state index in [1.807, 2.05) is 12.3 Å². The molecule has 0 radical (unpaired) electrons. The molecule has 0 aliphatic heterocycles. The van der Waals surface area contributed by atoms with Crippen LogP contribution < -0.4 is 10.9 Å². The first-order valence-corrected chi connectivity index (χ1v) is 7.39. The summed E-state index contributed by atoms with van der Waals surface area (Å²) in [4.78, 5) is 16.1. The van der Waals surface area contributed by atoms with Gasteiger partial charge in [0, 0.05) is 31.6 Å². The highest BCUT2D eigenvalue weighted by atomic mass is 32.1. The zero-order valence-electron chi connectivity index (χ0n) is 11.6. The first kappa shape index (κ1) is 14.7. The summed E-state index contributed by atoms with van der Waals surface area (Å²) in [6.07, 6.45) is 0.872. The minimum absolute atomic E-state index is 0.0794. The Morgan fingerprint density at radius 2 is 2.25 bits per heavy atom. The summed E-state index contributed by atoms with van der Waals surface area (Å²) in [5, 5.41) is 10.3. The molecule has 6 nitrogen and oxygen atoms in total. The zero-order chi connectivity index (χ0) is 14.4. The molecule has 0 atom stereocenters. The van der Waals surface area contributed by atoms with Crippen LogP contribution in [0.25, 0.3) is 11.4 Å². The predicted molar refractivity (Wildman–Crippen MR) is 80.3 cm³/mol. The third-order valence-electron chi connectivity index (χ3n) is 2.65. The fraction of sp³-hybridized carbons (Fsp3) is 0.462. The van der Waals surface area contributed by atoms with Gasteiger partial charge in [0.2, 0.25) is 0 Å². The average Bonchev–Trinajstić information content (AvgIpc) is 2.91. The van der Waals surface area contributed by atoms with Crippen LogP contribution >= 0.6 is 11.3 Å². The highest BCUT2D eigenvalue weighted by molar-refractivity contribution is 7.14. The summed E-state index contributed by atoms with van der Waals surface area (Å²) in [5.74, 6) is 0. The van der Waals surface area contributed by atoms with E-state index < -0.39 is 0 Å². The molecule has 0 aromatic carbocycles. The van der Waals surface area contributed by atoms with Crippen molar-refractivity contribution >= 4 is 16.5 Å². The number of thiazole rings is 1. The van der Waals surface area contributed by atoms with E-state index >= 15 is 0 Å². The van der Waals surface area contributed by atoms with Crippen molar-refractivity contribution in [2.75, 3.05) is 25.6 Å². The monoisotopic (exact) mass is 294 g/mol. The molecular formula is C13H18N4O2S. The van der Waals surface area contributed by atoms with Gasteiger partial charge in [-0.2, -0.15) is 5.10 Å². The summed E-state index contributed by atoms with van der Waals surface area (Å²) in [6, 6.07) is 3.25. The summed E-state index contributed by atoms with van der Waals surface area (Å²) < 4.78 is 6.45. The molecule has 2 rings (SSSR count). The minimum atomic E-state index is -0.0794. The normalized spacial score (nSPS) is 10.7. The molecule has 0 unspecified atom stereocenters. The van der Waals surface area contributed by atoms with Gasteiger partial charge < -0.3 is 10.1 Å². The number of ether oxygens (including phenoxy) is 1. The van der Waals surface area contributed by atoms with Crippen LogP contribution in [0.2, 0.25) is 0 Å². The lowest BCUT2D eigenvalue weighted by atomic mass is 10.3. The van der Waals surface area contributed by atoms with Crippen molar-refractivity contribution in [2.45, 2.75) is 19.9 Å². The Bertz CT molecular complexity index is 608. The maximum atomic E-state index is 11.6. The Labute approximate surface area is 121 Å². The lowest BCUT2D eigenvalue weighted by Crippen LogP contribution is -2.22. The quantitative estimate of drug-likeness (QED) is 0.789. The number of hydrogen-bond donors (Lipinski definition) is 1. The van der Waals surface area contributed by atoms with Crippen molar-refractivity contribution < 1.29 is 4.74 Å². The fourth-order valence-electron chi connectivity index (χ4n) is 1.69. The van der Waals surface area contributed by atoms with E-state index in [1.165, 1.54) is 22.1 Å². The topological polar surface area (TPSA) is 69.0 Å². The molecule has 0 fully saturated rings. The number of methoxy groups -OCH3 is 1. The third-order valence-corrected chi connectivity index (χ3v) is 3.45. The first-order valence-electron chi connectivity index (χ1n) is 6.51. The van der Waals surface area contributed by atoms with E-state index in [-0.39, 0.29) is 5.56 Å². The molecule has 0 saturated heterocycles. The molecule has 0 spiro atoms. The average molecular weight is 294 g/mol. The molecule has 0 bridgehead atoms. The van der Waals surface area contributed by atoms with Gasteiger partial charge in [-0.3, -0.25) is 4.79 Å². The molecule has 2 heterocycles. The number of rotatable bonds is 7. The number of aromatic nitrogens is 3. The van der Waals surface area contributed by atoms with E-state index in [0.29, 0.717) is 25.4 Å². The largest absolute Gasteiger partial charge is 0.383 e. The molecule has 2 aromatic rings. The molecule has 0 aliphatic carbocycles. The smallest absolute Gasteiger partial charge is 0.266 e. The SMILES string of the molecule is CCCn1nc(-c2csc(NCCOC)n2)ccc1=O. The van der Waals surface area contributed by atoms with E-state index in [4.69, 9.17) is 4.74 Å². The second-order valence-corrected chi connectivity index (χ2v) is 5.10. The Morgan fingerprint density at radius 1 is 1.40 bits per heavy atom. The first-order chi connectivity index (χ1) is 9.74. The molecular weight excluding hydrogens is 276 g/mol. The summed E-state index contributed by atoms with van der Waals surface area (Å²) in [6.45, 7) is 3.98. The van der Waals surface area contributed by atoms with Gasteiger partial charge >= 0.3 is 0 Å². The van der Waals surface area contributed by atoms with E-state index in [0.717, 1.165) is 17.2 Å². The fourth-order valence-corrected chi connectivity index (χ4v) is 2.42. The second kappa shape index (κ2) is 7.16. The minimum Gasteiger partial charge on any atom is -0.383 e. The molecule has 0 amide bonds. The van der Waals surface area contributed by atoms with Gasteiger partial charge in [-0.05, 0) is 12.5 Å². The van der Waals surface area contributed by atoms with E-state index in [9.17, 15) is 4.79 Å². The van der Waals surface area contributed by atoms with Crippen LogP contribution in [-0.4, -0.2) is 35.0 Å². The highest BCUT2D eigenvalue weighted by Gasteiger charge is 2.07. The van der Waals surface area contributed by atoms with Crippen LogP contribution in [0.15, 0.2) is 22.3 Å². The maximum absolute atomic E-state index is 11.6. The van der Waals surface area contributed by atoms with Crippen LogP contribution in [0, 0.1) is 0 Å². The summed E-state index contributed by atoms with van der Waals surface area (Å²) in [7, 11) is 1.66. The van der Waals surface area contributed by atoms with Gasteiger partial charge in [0.05, 0.1) is 6.61 Å². The number of aryl methyl sites for hydroxylation is 1. The van der Waals surface area contributed by atoms with Crippen molar-refractivity contribution in [1.29, 1.82) is 0 Å². The molecule has 7 heteroatoms. The Morgan fingerprint density at radius 3 is 3.00 bits per heavy atom. The van der Waals surface area contributed by atoms with Crippen molar-refractivity contribution in [3.63, 3.8) is 0 Å². The van der Waals surface area contributed by atoms with Crippen molar-refractivity contribution in [3.8, 4) is 11.4 Å². The summed E-state index contributed by atoms with van der Waals surface area (Å²) >= 11 is 1.51. The Hall–Kier alpha value is -1.73. The van der Waals surface area contributed by atoms with Crippen LogP contribution in [0.3, 0.4) is 0 Å². The predicted octanol–water partition coefficient (Wildman–Crippen LogP) is 1.84. The Balaban J connectivity index is 2.15. The second-order valence-electron chi connectivity index (χ2n) is 4.24. The maximum Gasteiger partial charge on any atom is 0.266 e. The molecule has 108 valence electrons. The van der Waals surface area contributed by atoms with Crippen molar-refractivity contribution in [1.82, 2.24) is 14.8 Å². The summed E-state index contributed by atoms with van der Waals surface area (Å²) in [5.41, 5.74) is 1.41. The van der Waals surface area contributed by atoms with Crippen LogP contribution in [0.4, 0.5) is 5.13 Å². The Kier molecular flexibility index (Phi) is 5.25. The van der Waals surface area contributed by atoms with E-state index in [1.54, 1.807) is 13.2 Å². The number of nitrogens with zero attached hydrogens (tertiary/aromatic N) is 3. The van der Waals surface area contributed by atoms with Crippen molar-refractivity contribution in [3.05, 3.63) is 27.9 Å². The number of anilines is 1. The molecule has 1 N–H and O–H groups in total. The lowest BCUT2D eigenvalue weighted by Gasteiger charge is -2.03. The van der Waals surface area contributed by atoms with Gasteiger partial charge in [0.15, 0.2) is 5.13 Å². The van der Waals surface area contributed by atoms with Crippen LogP contribution in [-0.2, 0) is 11.3 Å². The lowest BCUT2D eigenvalue weighted by molar-refractivity contribution is 0.211. The standard InChI is InChI=1S/C13H18N4O2S/c1-3-7-17-12(18)5-4-10(16-17)11-9-20-13(15-11)14-6-8-19-2/h4-5,9H,3,6-8H2,1-2H3,(H,14,15). The zero-order valence-corrected chi connectivity index (χ0v) is 12.4. The number of hydrogen-bond acceptors (Lipinski definition) is 6. The van der Waals surface area contributed by atoms with Gasteiger partial charge in [-0.25, -0.2) is 9.67 Å². The van der Waals surface area contributed by atoms with Crippen LogP contribution in [0.5, 0.6) is 0 Å². The third kappa shape index (κ3) is 3.64. The number of nitrogens with one attached hydrogen (secondary N) is 1. The van der Waals surface area contributed by atoms with Gasteiger partial charge in [-0.15, -0.1) is 11.3 Å². The molecule has 20 heavy (non-hydrogen) atoms. The van der Waals surface area contributed by atoms with Gasteiger partial charge in [0.25, 0.3) is 5.56 Å².